The second kappa shape index (κ2) is 9.55. The minimum Gasteiger partial charge on any atom is -0.507 e. The predicted molar refractivity (Wildman–Crippen MR) is 144 cm³/mol. The molecule has 2 aliphatic heterocycles. The second-order valence-electron chi connectivity index (χ2n) is 9.11. The number of methoxy groups -OCH3 is 1. The van der Waals surface area contributed by atoms with Crippen LogP contribution in [0.5, 0.6) is 11.5 Å². The molecule has 1 saturated heterocycles. The van der Waals surface area contributed by atoms with Gasteiger partial charge in [0.05, 0.1) is 34.5 Å². The summed E-state index contributed by atoms with van der Waals surface area (Å²) in [7, 11) is 1.29. The highest BCUT2D eigenvalue weighted by Gasteiger charge is 2.48. The van der Waals surface area contributed by atoms with E-state index in [2.05, 4.69) is 4.98 Å². The minimum absolute atomic E-state index is 0.0991. The third kappa shape index (κ3) is 4.18. The van der Waals surface area contributed by atoms with Gasteiger partial charge >= 0.3 is 11.9 Å². The monoisotopic (exact) mass is 542 g/mol. The molecule has 0 radical (unpaired) electrons. The third-order valence-electron chi connectivity index (χ3n) is 6.65. The number of esters is 1. The zero-order valence-electron chi connectivity index (χ0n) is 21.0. The molecule has 4 aromatic rings. The Morgan fingerprint density at radius 1 is 1.00 bits per heavy atom. The van der Waals surface area contributed by atoms with Crippen molar-refractivity contribution in [2.75, 3.05) is 25.2 Å². The molecule has 6 rings (SSSR count). The number of aromatic nitrogens is 1. The van der Waals surface area contributed by atoms with E-state index >= 15 is 0 Å². The van der Waals surface area contributed by atoms with E-state index in [4.69, 9.17) is 14.2 Å². The first-order valence-corrected chi connectivity index (χ1v) is 12.9. The summed E-state index contributed by atoms with van der Waals surface area (Å²) >= 11 is 1.28. The Hall–Kier alpha value is -4.70. The summed E-state index contributed by atoms with van der Waals surface area (Å²) in [6.07, 6.45) is 0. The number of aliphatic hydroxyl groups excluding tert-OH is 1. The van der Waals surface area contributed by atoms with E-state index in [1.807, 2.05) is 25.1 Å². The van der Waals surface area contributed by atoms with Crippen molar-refractivity contribution in [3.05, 3.63) is 88.5 Å². The first-order valence-electron chi connectivity index (χ1n) is 12.1. The van der Waals surface area contributed by atoms with E-state index in [1.165, 1.54) is 23.3 Å². The Bertz CT molecular complexity index is 1690. The van der Waals surface area contributed by atoms with Gasteiger partial charge in [-0.25, -0.2) is 9.78 Å². The van der Waals surface area contributed by atoms with Gasteiger partial charge in [-0.3, -0.25) is 14.5 Å². The number of amides is 1. The Labute approximate surface area is 226 Å². The maximum Gasteiger partial charge on any atom is 0.337 e. The van der Waals surface area contributed by atoms with E-state index in [0.29, 0.717) is 52.1 Å². The lowest BCUT2D eigenvalue weighted by Crippen LogP contribution is -2.29. The van der Waals surface area contributed by atoms with Gasteiger partial charge in [0.25, 0.3) is 5.78 Å². The predicted octanol–water partition coefficient (Wildman–Crippen LogP) is 4.79. The molecule has 0 aliphatic carbocycles. The summed E-state index contributed by atoms with van der Waals surface area (Å²) in [4.78, 5) is 45.0. The molecule has 1 amide bonds. The van der Waals surface area contributed by atoms with Gasteiger partial charge in [-0.15, -0.1) is 0 Å². The summed E-state index contributed by atoms with van der Waals surface area (Å²) in [6.45, 7) is 2.72. The Morgan fingerprint density at radius 3 is 2.46 bits per heavy atom. The number of carbonyl (C=O) groups is 3. The molecule has 1 N–H and O–H groups in total. The number of ether oxygens (including phenoxy) is 3. The summed E-state index contributed by atoms with van der Waals surface area (Å²) in [5, 5.41) is 11.8. The van der Waals surface area contributed by atoms with Crippen molar-refractivity contribution in [3.8, 4) is 11.5 Å². The molecule has 3 heterocycles. The molecule has 10 heteroatoms. The van der Waals surface area contributed by atoms with Gasteiger partial charge in [0.2, 0.25) is 0 Å². The quantitative estimate of drug-likeness (QED) is 0.169. The van der Waals surface area contributed by atoms with Gasteiger partial charge < -0.3 is 19.3 Å². The second-order valence-corrected chi connectivity index (χ2v) is 10.1. The Balaban J connectivity index is 1.52. The molecule has 2 aliphatic rings. The zero-order chi connectivity index (χ0) is 27.3. The smallest absolute Gasteiger partial charge is 0.337 e. The van der Waals surface area contributed by atoms with Gasteiger partial charge in [-0.2, -0.15) is 0 Å². The highest BCUT2D eigenvalue weighted by molar-refractivity contribution is 7.22. The largest absolute Gasteiger partial charge is 0.507 e. The fourth-order valence-corrected chi connectivity index (χ4v) is 5.82. The highest BCUT2D eigenvalue weighted by Crippen LogP contribution is 2.45. The first-order chi connectivity index (χ1) is 18.9. The van der Waals surface area contributed by atoms with Crippen LogP contribution in [0.2, 0.25) is 0 Å². The molecule has 3 aromatic carbocycles. The maximum absolute atomic E-state index is 13.5. The highest BCUT2D eigenvalue weighted by atomic mass is 32.1. The topological polar surface area (TPSA) is 115 Å². The van der Waals surface area contributed by atoms with Gasteiger partial charge in [0.1, 0.15) is 19.0 Å². The number of aliphatic hydroxyl groups is 1. The number of nitrogens with zero attached hydrogens (tertiary/aromatic N) is 2. The maximum atomic E-state index is 13.5. The number of hydrogen-bond donors (Lipinski definition) is 1. The van der Waals surface area contributed by atoms with Crippen LogP contribution in [0, 0.1) is 6.92 Å². The van der Waals surface area contributed by atoms with Crippen LogP contribution < -0.4 is 14.4 Å². The number of aryl methyl sites for hydroxylation is 1. The molecule has 196 valence electrons. The summed E-state index contributed by atoms with van der Waals surface area (Å²) in [5.74, 6) is -1.58. The molecule has 1 aromatic heterocycles. The molecule has 0 spiro atoms. The lowest BCUT2D eigenvalue weighted by atomic mass is 9.94. The van der Waals surface area contributed by atoms with Crippen molar-refractivity contribution in [1.29, 1.82) is 0 Å². The Morgan fingerprint density at radius 2 is 1.72 bits per heavy atom. The number of thiazole rings is 1. The lowest BCUT2D eigenvalue weighted by Gasteiger charge is -2.23. The molecular formula is C29H22N2O7S. The van der Waals surface area contributed by atoms with E-state index < -0.39 is 23.7 Å². The lowest BCUT2D eigenvalue weighted by molar-refractivity contribution is -0.132. The summed E-state index contributed by atoms with van der Waals surface area (Å²) < 4.78 is 16.9. The van der Waals surface area contributed by atoms with Crippen molar-refractivity contribution < 1.29 is 33.7 Å². The molecule has 0 bridgehead atoms. The average Bonchev–Trinajstić information content (AvgIpc) is 3.49. The molecule has 1 atom stereocenters. The number of hydrogen-bond acceptors (Lipinski definition) is 9. The number of fused-ring (bicyclic) bond motifs is 2. The SMILES string of the molecule is COC(=O)c1ccc(C2C(=C(O)c3ccc4c(c3)OCCO4)C(=O)C(=O)N2c2nc3ccc(C)cc3s2)cc1. The van der Waals surface area contributed by atoms with Gasteiger partial charge in [0, 0.05) is 5.56 Å². The summed E-state index contributed by atoms with van der Waals surface area (Å²) in [5.41, 5.74) is 2.74. The standard InChI is InChI=1S/C29H22N2O7S/c1-15-3-9-19-22(13-15)39-29(30-19)31-24(16-4-6-17(7-5-16)28(35)36-2)23(26(33)27(31)34)25(32)18-8-10-20-21(14-18)38-12-11-37-20/h3-10,13-14,24,32H,11-12H2,1-2H3. The number of carbonyl (C=O) groups excluding carboxylic acids is 3. The van der Waals surface area contributed by atoms with Crippen molar-refractivity contribution in [3.63, 3.8) is 0 Å². The number of ketones is 1. The normalized spacial score (nSPS) is 18.0. The van der Waals surface area contributed by atoms with Crippen LogP contribution in [-0.2, 0) is 14.3 Å². The van der Waals surface area contributed by atoms with Crippen LogP contribution in [0.4, 0.5) is 5.13 Å². The van der Waals surface area contributed by atoms with Crippen molar-refractivity contribution in [1.82, 2.24) is 4.98 Å². The number of anilines is 1. The molecule has 39 heavy (non-hydrogen) atoms. The zero-order valence-corrected chi connectivity index (χ0v) is 21.8. The molecule has 1 fully saturated rings. The fourth-order valence-electron chi connectivity index (χ4n) is 4.73. The molecule has 1 unspecified atom stereocenters. The fraction of sp³-hybridized carbons (Fsp3) is 0.172. The third-order valence-corrected chi connectivity index (χ3v) is 7.66. The first kappa shape index (κ1) is 24.6. The average molecular weight is 543 g/mol. The molecule has 9 nitrogen and oxygen atoms in total. The van der Waals surface area contributed by atoms with Crippen molar-refractivity contribution in [2.24, 2.45) is 0 Å². The number of benzene rings is 3. The molecular weight excluding hydrogens is 520 g/mol. The van der Waals surface area contributed by atoms with Gasteiger partial charge in [0.15, 0.2) is 16.6 Å². The van der Waals surface area contributed by atoms with Gasteiger partial charge in [-0.1, -0.05) is 29.5 Å². The van der Waals surface area contributed by atoms with E-state index in [9.17, 15) is 19.5 Å². The van der Waals surface area contributed by atoms with Crippen LogP contribution in [-0.4, -0.2) is 48.1 Å². The van der Waals surface area contributed by atoms with E-state index in [-0.39, 0.29) is 11.3 Å². The van der Waals surface area contributed by atoms with Crippen LogP contribution in [0.3, 0.4) is 0 Å². The number of Topliss-reactive ketones (excluding diaryl/α,β-unsaturated/α-hetero) is 1. The van der Waals surface area contributed by atoms with Crippen LogP contribution >= 0.6 is 11.3 Å². The van der Waals surface area contributed by atoms with Crippen LogP contribution in [0.1, 0.15) is 33.1 Å². The van der Waals surface area contributed by atoms with E-state index in [0.717, 1.165) is 10.3 Å². The number of rotatable bonds is 4. The summed E-state index contributed by atoms with van der Waals surface area (Å²) in [6, 6.07) is 15.9. The van der Waals surface area contributed by atoms with Crippen molar-refractivity contribution in [2.45, 2.75) is 13.0 Å². The van der Waals surface area contributed by atoms with Crippen LogP contribution in [0.15, 0.2) is 66.2 Å². The van der Waals surface area contributed by atoms with Crippen molar-refractivity contribution >= 4 is 50.1 Å². The molecule has 0 saturated carbocycles. The van der Waals surface area contributed by atoms with Gasteiger partial charge in [-0.05, 0) is 60.5 Å². The minimum atomic E-state index is -0.994. The van der Waals surface area contributed by atoms with E-state index in [1.54, 1.807) is 42.5 Å². The Kier molecular flexibility index (Phi) is 6.03. The van der Waals surface area contributed by atoms with Crippen LogP contribution in [0.25, 0.3) is 16.0 Å².